The molecule has 2 atom stereocenters. The first-order valence-corrected chi connectivity index (χ1v) is 5.00. The van der Waals surface area contributed by atoms with Crippen molar-refractivity contribution in [3.8, 4) is 0 Å². The van der Waals surface area contributed by atoms with Gasteiger partial charge in [0, 0.05) is 19.1 Å². The van der Waals surface area contributed by atoms with Gasteiger partial charge in [-0.05, 0) is 13.8 Å². The van der Waals surface area contributed by atoms with Crippen LogP contribution in [0.2, 0.25) is 0 Å². The van der Waals surface area contributed by atoms with E-state index in [1.807, 2.05) is 0 Å². The average molecular weight is 210 g/mol. The van der Waals surface area contributed by atoms with Gasteiger partial charge in [-0.25, -0.2) is 0 Å². The van der Waals surface area contributed by atoms with Crippen LogP contribution in [0.5, 0.6) is 0 Å². The van der Waals surface area contributed by atoms with Crippen molar-refractivity contribution in [2.24, 2.45) is 10.7 Å². The molecule has 0 saturated carbocycles. The topological polar surface area (TPSA) is 70.7 Å². The van der Waals surface area contributed by atoms with E-state index in [0.29, 0.717) is 18.6 Å². The molecule has 5 heteroatoms. The Balaban J connectivity index is 2.45. The minimum Gasteiger partial charge on any atom is -0.370 e. The molecule has 1 aliphatic heterocycles. The van der Waals surface area contributed by atoms with Crippen molar-refractivity contribution in [3.63, 3.8) is 0 Å². The molecule has 3 N–H and O–H groups in total. The Hall–Kier alpha value is -1.36. The van der Waals surface area contributed by atoms with Gasteiger partial charge in [0.1, 0.15) is 0 Å². The molecule has 0 radical (unpaired) electrons. The van der Waals surface area contributed by atoms with Gasteiger partial charge in [0.15, 0.2) is 5.96 Å². The first-order valence-electron chi connectivity index (χ1n) is 5.00. The zero-order valence-electron chi connectivity index (χ0n) is 9.40. The van der Waals surface area contributed by atoms with E-state index < -0.39 is 0 Å². The summed E-state index contributed by atoms with van der Waals surface area (Å²) in [6, 6.07) is 0.594. The lowest BCUT2D eigenvalue weighted by Crippen LogP contribution is -2.46. The van der Waals surface area contributed by atoms with Crippen LogP contribution in [0.25, 0.3) is 0 Å². The standard InChI is InChI=1S/C10H18N4O/c1-7-4-5-8(2)14(7)6-9(15)13-10(11)12-3/h4-5,7-8H,6H2,1-3H3,(H3,11,12,13,15)/t7-,8?/m1/s1. The van der Waals surface area contributed by atoms with Gasteiger partial charge in [0.05, 0.1) is 6.54 Å². The second-order valence-corrected chi connectivity index (χ2v) is 3.70. The van der Waals surface area contributed by atoms with Crippen molar-refractivity contribution in [2.75, 3.05) is 13.6 Å². The summed E-state index contributed by atoms with van der Waals surface area (Å²) in [5.74, 6) is 0.0352. The number of hydrogen-bond acceptors (Lipinski definition) is 3. The molecule has 1 unspecified atom stereocenters. The van der Waals surface area contributed by atoms with E-state index >= 15 is 0 Å². The van der Waals surface area contributed by atoms with Crippen LogP contribution < -0.4 is 11.1 Å². The minimum absolute atomic E-state index is 0.125. The van der Waals surface area contributed by atoms with Crippen molar-refractivity contribution < 1.29 is 4.79 Å². The summed E-state index contributed by atoms with van der Waals surface area (Å²) in [6.45, 7) is 4.46. The van der Waals surface area contributed by atoms with Crippen molar-refractivity contribution in [1.82, 2.24) is 10.2 Å². The predicted molar refractivity (Wildman–Crippen MR) is 60.5 cm³/mol. The van der Waals surface area contributed by atoms with Gasteiger partial charge in [0.25, 0.3) is 0 Å². The van der Waals surface area contributed by atoms with Gasteiger partial charge in [-0.15, -0.1) is 0 Å². The fourth-order valence-corrected chi connectivity index (χ4v) is 1.61. The Labute approximate surface area is 90.0 Å². The number of hydrogen-bond donors (Lipinski definition) is 2. The van der Waals surface area contributed by atoms with Crippen LogP contribution in [-0.4, -0.2) is 42.4 Å². The van der Waals surface area contributed by atoms with Gasteiger partial charge in [0.2, 0.25) is 5.91 Å². The highest BCUT2D eigenvalue weighted by atomic mass is 16.2. The Morgan fingerprint density at radius 1 is 1.47 bits per heavy atom. The maximum atomic E-state index is 11.5. The minimum atomic E-state index is -0.125. The molecule has 0 bridgehead atoms. The highest BCUT2D eigenvalue weighted by Gasteiger charge is 2.24. The van der Waals surface area contributed by atoms with Crippen molar-refractivity contribution >= 4 is 11.9 Å². The third-order valence-electron chi connectivity index (χ3n) is 2.55. The summed E-state index contributed by atoms with van der Waals surface area (Å²) in [7, 11) is 1.54. The summed E-state index contributed by atoms with van der Waals surface area (Å²) >= 11 is 0. The van der Waals surface area contributed by atoms with Crippen LogP contribution in [0.15, 0.2) is 17.1 Å². The molecule has 1 aliphatic rings. The van der Waals surface area contributed by atoms with Crippen LogP contribution >= 0.6 is 0 Å². The second kappa shape index (κ2) is 4.93. The maximum absolute atomic E-state index is 11.5. The maximum Gasteiger partial charge on any atom is 0.240 e. The van der Waals surface area contributed by atoms with Crippen molar-refractivity contribution in [3.05, 3.63) is 12.2 Å². The van der Waals surface area contributed by atoms with Gasteiger partial charge in [-0.3, -0.25) is 20.0 Å². The number of carbonyl (C=O) groups excluding carboxylic acids is 1. The first kappa shape index (κ1) is 11.7. The molecule has 0 spiro atoms. The third kappa shape index (κ3) is 3.06. The number of nitrogens with one attached hydrogen (secondary N) is 1. The van der Waals surface area contributed by atoms with E-state index in [1.165, 1.54) is 7.05 Å². The molecule has 1 rings (SSSR count). The van der Waals surface area contributed by atoms with Crippen LogP contribution in [0, 0.1) is 0 Å². The molecule has 5 nitrogen and oxygen atoms in total. The lowest BCUT2D eigenvalue weighted by molar-refractivity contribution is -0.121. The van der Waals surface area contributed by atoms with Crippen molar-refractivity contribution in [2.45, 2.75) is 25.9 Å². The molecule has 0 fully saturated rings. The number of aliphatic imine (C=N–C) groups is 1. The molecule has 1 heterocycles. The summed E-state index contributed by atoms with van der Waals surface area (Å²) in [5.41, 5.74) is 5.40. The number of nitrogens with two attached hydrogens (primary N) is 1. The first-order chi connectivity index (χ1) is 7.04. The number of amides is 1. The van der Waals surface area contributed by atoms with Crippen LogP contribution in [0.4, 0.5) is 0 Å². The normalized spacial score (nSPS) is 27.0. The van der Waals surface area contributed by atoms with Gasteiger partial charge in [-0.1, -0.05) is 12.2 Å². The van der Waals surface area contributed by atoms with E-state index in [2.05, 4.69) is 41.2 Å². The highest BCUT2D eigenvalue weighted by Crippen LogP contribution is 2.14. The SMILES string of the molecule is CN=C(N)NC(=O)CN1C(C)C=C[C@H]1C. The van der Waals surface area contributed by atoms with E-state index in [-0.39, 0.29) is 11.9 Å². The molecular formula is C10H18N4O. The molecule has 1 amide bonds. The van der Waals surface area contributed by atoms with E-state index in [0.717, 1.165) is 0 Å². The van der Waals surface area contributed by atoms with Gasteiger partial charge in [-0.2, -0.15) is 0 Å². The smallest absolute Gasteiger partial charge is 0.240 e. The van der Waals surface area contributed by atoms with E-state index in [4.69, 9.17) is 5.73 Å². The summed E-state index contributed by atoms with van der Waals surface area (Å²) in [4.78, 5) is 17.3. The van der Waals surface area contributed by atoms with E-state index in [1.54, 1.807) is 0 Å². The second-order valence-electron chi connectivity index (χ2n) is 3.70. The number of carbonyl (C=O) groups is 1. The van der Waals surface area contributed by atoms with E-state index in [9.17, 15) is 4.79 Å². The lowest BCUT2D eigenvalue weighted by Gasteiger charge is -2.25. The fraction of sp³-hybridized carbons (Fsp3) is 0.600. The summed E-state index contributed by atoms with van der Waals surface area (Å²) in [5, 5.41) is 2.52. The molecular weight excluding hydrogens is 192 g/mol. The number of nitrogens with zero attached hydrogens (tertiary/aromatic N) is 2. The molecule has 0 aliphatic carbocycles. The molecule has 15 heavy (non-hydrogen) atoms. The zero-order chi connectivity index (χ0) is 11.4. The Morgan fingerprint density at radius 3 is 2.47 bits per heavy atom. The van der Waals surface area contributed by atoms with Crippen LogP contribution in [0.3, 0.4) is 0 Å². The molecule has 0 saturated heterocycles. The lowest BCUT2D eigenvalue weighted by atomic mass is 10.3. The molecule has 0 aromatic heterocycles. The van der Waals surface area contributed by atoms with Crippen molar-refractivity contribution in [1.29, 1.82) is 0 Å². The number of guanidine groups is 1. The predicted octanol–water partition coefficient (Wildman–Crippen LogP) is -0.304. The Bertz CT molecular complexity index is 286. The van der Waals surface area contributed by atoms with Crippen LogP contribution in [-0.2, 0) is 4.79 Å². The zero-order valence-corrected chi connectivity index (χ0v) is 9.40. The van der Waals surface area contributed by atoms with Gasteiger partial charge < -0.3 is 5.73 Å². The molecule has 0 aromatic carbocycles. The third-order valence-corrected chi connectivity index (χ3v) is 2.55. The Kier molecular flexibility index (Phi) is 3.85. The number of rotatable bonds is 2. The summed E-state index contributed by atoms with van der Waals surface area (Å²) in [6.07, 6.45) is 4.18. The summed E-state index contributed by atoms with van der Waals surface area (Å²) < 4.78 is 0. The van der Waals surface area contributed by atoms with Gasteiger partial charge >= 0.3 is 0 Å². The monoisotopic (exact) mass is 210 g/mol. The molecule has 84 valence electrons. The highest BCUT2D eigenvalue weighted by molar-refractivity contribution is 5.96. The molecule has 0 aromatic rings. The average Bonchev–Trinajstić information content (AvgIpc) is 2.49. The fourth-order valence-electron chi connectivity index (χ4n) is 1.61. The van der Waals surface area contributed by atoms with Crippen LogP contribution in [0.1, 0.15) is 13.8 Å². The largest absolute Gasteiger partial charge is 0.370 e. The quantitative estimate of drug-likeness (QED) is 0.373. The Morgan fingerprint density at radius 2 is 2.00 bits per heavy atom.